The van der Waals surface area contributed by atoms with Crippen LogP contribution in [0.1, 0.15) is 23.0 Å². The molecule has 3 aromatic rings. The summed E-state index contributed by atoms with van der Waals surface area (Å²) in [6, 6.07) is 11.1. The highest BCUT2D eigenvalue weighted by molar-refractivity contribution is 6.05. The van der Waals surface area contributed by atoms with Crippen LogP contribution in [0.3, 0.4) is 0 Å². The maximum atomic E-state index is 12.8. The number of benzene rings is 2. The van der Waals surface area contributed by atoms with Crippen LogP contribution in [-0.4, -0.2) is 35.1 Å². The Morgan fingerprint density at radius 1 is 1.23 bits per heavy atom. The highest BCUT2D eigenvalue weighted by Gasteiger charge is 2.16. The Bertz CT molecular complexity index is 1160. The summed E-state index contributed by atoms with van der Waals surface area (Å²) in [4.78, 5) is 24.7. The Hall–Kier alpha value is -3.82. The molecule has 1 aromatic heterocycles. The van der Waals surface area contributed by atoms with Gasteiger partial charge in [0.15, 0.2) is 17.2 Å². The molecule has 10 heteroatoms. The van der Waals surface area contributed by atoms with Gasteiger partial charge in [-0.05, 0) is 25.1 Å². The van der Waals surface area contributed by atoms with Gasteiger partial charge in [-0.3, -0.25) is 9.59 Å². The third-order valence-corrected chi connectivity index (χ3v) is 4.06. The van der Waals surface area contributed by atoms with Crippen molar-refractivity contribution in [1.82, 2.24) is 15.2 Å². The van der Waals surface area contributed by atoms with E-state index < -0.39 is 12.5 Å². The zero-order valence-corrected chi connectivity index (χ0v) is 16.1. The van der Waals surface area contributed by atoms with E-state index in [0.717, 1.165) is 10.9 Å². The summed E-state index contributed by atoms with van der Waals surface area (Å²) in [6.45, 7) is -1.10. The molecule has 0 bridgehead atoms. The van der Waals surface area contributed by atoms with Crippen molar-refractivity contribution in [2.75, 3.05) is 6.61 Å². The molecule has 3 rings (SSSR count). The van der Waals surface area contributed by atoms with Gasteiger partial charge in [-0.1, -0.05) is 24.3 Å². The molecule has 0 fully saturated rings. The molecule has 0 atom stereocenters. The number of hydrogen-bond donors (Lipinski definition) is 1. The number of ether oxygens (including phenoxy) is 2. The van der Waals surface area contributed by atoms with Crippen LogP contribution in [0.4, 0.5) is 8.78 Å². The summed E-state index contributed by atoms with van der Waals surface area (Å²) < 4.78 is 36.5. The molecule has 0 saturated carbocycles. The lowest BCUT2D eigenvalue weighted by Gasteiger charge is -2.13. The molecule has 0 aliphatic rings. The van der Waals surface area contributed by atoms with Crippen molar-refractivity contribution in [2.24, 2.45) is 12.1 Å². The van der Waals surface area contributed by atoms with E-state index in [1.807, 2.05) is 0 Å². The second-order valence-electron chi connectivity index (χ2n) is 6.01. The number of para-hydroxylation sites is 1. The van der Waals surface area contributed by atoms with Crippen LogP contribution < -0.4 is 20.5 Å². The van der Waals surface area contributed by atoms with Crippen LogP contribution in [0.25, 0.3) is 10.8 Å². The summed E-state index contributed by atoms with van der Waals surface area (Å²) in [5.74, 6) is -0.743. The SMILES string of the molecule is CCOc1cccc(/C=N\NC(=O)c2nn(C)c(=O)c3ccccc23)c1OC(F)F. The number of fused-ring (bicyclic) bond motifs is 1. The van der Waals surface area contributed by atoms with Crippen LogP contribution in [0.15, 0.2) is 52.4 Å². The van der Waals surface area contributed by atoms with E-state index in [-0.39, 0.29) is 34.9 Å². The molecule has 0 radical (unpaired) electrons. The largest absolute Gasteiger partial charge is 0.490 e. The predicted octanol–water partition coefficient (Wildman–Crippen LogP) is 2.70. The topological polar surface area (TPSA) is 94.8 Å². The molecule has 1 heterocycles. The van der Waals surface area contributed by atoms with Gasteiger partial charge in [0.1, 0.15) is 0 Å². The van der Waals surface area contributed by atoms with Crippen LogP contribution in [0, 0.1) is 0 Å². The van der Waals surface area contributed by atoms with E-state index in [4.69, 9.17) is 4.74 Å². The number of hydrogen-bond acceptors (Lipinski definition) is 6. The Labute approximate surface area is 169 Å². The van der Waals surface area contributed by atoms with Gasteiger partial charge in [0, 0.05) is 18.0 Å². The van der Waals surface area contributed by atoms with Gasteiger partial charge in [-0.25, -0.2) is 10.1 Å². The van der Waals surface area contributed by atoms with Crippen LogP contribution in [0.2, 0.25) is 0 Å². The fraction of sp³-hybridized carbons (Fsp3) is 0.200. The zero-order valence-electron chi connectivity index (χ0n) is 16.1. The van der Waals surface area contributed by atoms with Crippen molar-refractivity contribution in [1.29, 1.82) is 0 Å². The Morgan fingerprint density at radius 3 is 2.67 bits per heavy atom. The average molecular weight is 416 g/mol. The number of aromatic nitrogens is 2. The first-order chi connectivity index (χ1) is 14.4. The summed E-state index contributed by atoms with van der Waals surface area (Å²) in [7, 11) is 1.43. The van der Waals surface area contributed by atoms with E-state index >= 15 is 0 Å². The molecule has 2 aromatic carbocycles. The maximum Gasteiger partial charge on any atom is 0.387 e. The van der Waals surface area contributed by atoms with E-state index in [1.54, 1.807) is 37.3 Å². The molecule has 8 nitrogen and oxygen atoms in total. The second kappa shape index (κ2) is 9.12. The fourth-order valence-corrected chi connectivity index (χ4v) is 2.80. The number of nitrogens with zero attached hydrogens (tertiary/aromatic N) is 3. The van der Waals surface area contributed by atoms with Gasteiger partial charge in [0.2, 0.25) is 0 Å². The van der Waals surface area contributed by atoms with E-state index in [2.05, 4.69) is 20.4 Å². The normalized spacial score (nSPS) is 11.2. The number of carbonyl (C=O) groups is 1. The smallest absolute Gasteiger partial charge is 0.387 e. The quantitative estimate of drug-likeness (QED) is 0.472. The third-order valence-electron chi connectivity index (χ3n) is 4.06. The van der Waals surface area contributed by atoms with Crippen LogP contribution >= 0.6 is 0 Å². The minimum absolute atomic E-state index is 0.00280. The highest BCUT2D eigenvalue weighted by atomic mass is 19.3. The molecule has 156 valence electrons. The summed E-state index contributed by atoms with van der Waals surface area (Å²) >= 11 is 0. The van der Waals surface area contributed by atoms with Crippen molar-refractivity contribution < 1.29 is 23.0 Å². The van der Waals surface area contributed by atoms with Gasteiger partial charge < -0.3 is 9.47 Å². The molecule has 0 spiro atoms. The lowest BCUT2D eigenvalue weighted by Crippen LogP contribution is -2.27. The molecular weight excluding hydrogens is 398 g/mol. The maximum absolute atomic E-state index is 12.8. The van der Waals surface area contributed by atoms with Gasteiger partial charge in [0.25, 0.3) is 11.5 Å². The fourth-order valence-electron chi connectivity index (χ4n) is 2.80. The van der Waals surface area contributed by atoms with E-state index in [9.17, 15) is 18.4 Å². The van der Waals surface area contributed by atoms with Crippen LogP contribution in [0.5, 0.6) is 11.5 Å². The third kappa shape index (κ3) is 4.43. The van der Waals surface area contributed by atoms with Crippen molar-refractivity contribution in [3.8, 4) is 11.5 Å². The van der Waals surface area contributed by atoms with Crippen molar-refractivity contribution in [3.63, 3.8) is 0 Å². The molecule has 0 aliphatic carbocycles. The minimum atomic E-state index is -3.06. The molecule has 1 N–H and O–H groups in total. The summed E-state index contributed by atoms with van der Waals surface area (Å²) in [6.07, 6.45) is 1.16. The number of rotatable bonds is 7. The number of alkyl halides is 2. The molecule has 0 unspecified atom stereocenters. The number of carbonyl (C=O) groups excluding carboxylic acids is 1. The summed E-state index contributed by atoms with van der Waals surface area (Å²) in [5.41, 5.74) is 2.12. The van der Waals surface area contributed by atoms with Gasteiger partial charge in [0.05, 0.1) is 18.2 Å². The van der Waals surface area contributed by atoms with Gasteiger partial charge in [-0.2, -0.15) is 19.0 Å². The van der Waals surface area contributed by atoms with Gasteiger partial charge in [-0.15, -0.1) is 0 Å². The Morgan fingerprint density at radius 2 is 1.97 bits per heavy atom. The standard InChI is InChI=1S/C20H18F2N4O4/c1-3-29-15-10-6-7-12(17(15)30-20(21)22)11-23-24-18(27)16-13-8-4-5-9-14(13)19(28)26(2)25-16/h4-11,20H,3H2,1-2H3,(H,24,27)/b23-11-. The molecule has 1 amide bonds. The van der Waals surface area contributed by atoms with Gasteiger partial charge >= 0.3 is 6.61 Å². The second-order valence-corrected chi connectivity index (χ2v) is 6.01. The van der Waals surface area contributed by atoms with E-state index in [0.29, 0.717) is 10.8 Å². The number of hydrazone groups is 1. The van der Waals surface area contributed by atoms with Crippen molar-refractivity contribution >= 4 is 22.9 Å². The Kier molecular flexibility index (Phi) is 6.35. The lowest BCUT2D eigenvalue weighted by molar-refractivity contribution is -0.0515. The molecule has 30 heavy (non-hydrogen) atoms. The van der Waals surface area contributed by atoms with Crippen molar-refractivity contribution in [2.45, 2.75) is 13.5 Å². The predicted molar refractivity (Wildman–Crippen MR) is 106 cm³/mol. The number of aryl methyl sites for hydroxylation is 1. The average Bonchev–Trinajstić information content (AvgIpc) is 2.72. The molecule has 0 aliphatic heterocycles. The first-order valence-electron chi connectivity index (χ1n) is 8.92. The minimum Gasteiger partial charge on any atom is -0.490 e. The monoisotopic (exact) mass is 416 g/mol. The number of amides is 1. The highest BCUT2D eigenvalue weighted by Crippen LogP contribution is 2.31. The lowest BCUT2D eigenvalue weighted by atomic mass is 10.1. The summed E-state index contributed by atoms with van der Waals surface area (Å²) in [5, 5.41) is 8.51. The number of halogens is 2. The van der Waals surface area contributed by atoms with Crippen LogP contribution in [-0.2, 0) is 7.05 Å². The van der Waals surface area contributed by atoms with Crippen molar-refractivity contribution in [3.05, 3.63) is 64.1 Å². The number of nitrogens with one attached hydrogen (secondary N) is 1. The van der Waals surface area contributed by atoms with E-state index in [1.165, 1.54) is 19.2 Å². The zero-order chi connectivity index (χ0) is 21.7. The Balaban J connectivity index is 1.89. The first kappa shape index (κ1) is 20.9. The molecular formula is C20H18F2N4O4. The molecule has 0 saturated heterocycles. The first-order valence-corrected chi connectivity index (χ1v) is 8.92.